The first-order chi connectivity index (χ1) is 11.3. The Hall–Kier alpha value is 0.733. The van der Waals surface area contributed by atoms with Crippen LogP contribution in [0.5, 0.6) is 0 Å². The molecule has 1 nitrogen and oxygen atoms in total. The minimum absolute atomic E-state index is 0. The molecule has 0 bridgehead atoms. The molecule has 0 aliphatic rings. The molecule has 0 saturated carbocycles. The Morgan fingerprint density at radius 3 is 0.923 bits per heavy atom. The van der Waals surface area contributed by atoms with Crippen LogP contribution in [0.25, 0.3) is 0 Å². The largest absolute Gasteiger partial charge is 0.265 e. The van der Waals surface area contributed by atoms with Crippen LogP contribution in [0.1, 0.15) is 76.2 Å². The summed E-state index contributed by atoms with van der Waals surface area (Å²) in [5.74, 6) is 0. The van der Waals surface area contributed by atoms with Gasteiger partial charge in [0.05, 0.1) is 0 Å². The minimum atomic E-state index is 0. The van der Waals surface area contributed by atoms with Crippen molar-refractivity contribution in [1.82, 2.24) is 4.98 Å². The second-order valence-corrected chi connectivity index (χ2v) is 17.3. The monoisotopic (exact) mass is 462 g/mol. The summed E-state index contributed by atoms with van der Waals surface area (Å²) in [6, 6.07) is 5.72. The van der Waals surface area contributed by atoms with Crippen molar-refractivity contribution in [3.8, 4) is 0 Å². The Morgan fingerprint density at radius 2 is 0.885 bits per heavy atom. The van der Waals surface area contributed by atoms with Gasteiger partial charge in [0, 0.05) is 39.4 Å². The topological polar surface area (TPSA) is 12.9 Å². The molecule has 0 aliphatic carbocycles. The first-order valence-corrected chi connectivity index (χ1v) is 12.9. The van der Waals surface area contributed by atoms with Crippen molar-refractivity contribution in [2.75, 3.05) is 0 Å². The molecule has 0 fully saturated rings. The third-order valence-electron chi connectivity index (χ3n) is 1.90. The number of hydrogen-bond acceptors (Lipinski definition) is 1. The molecule has 0 aliphatic heterocycles. The Kier molecular flexibility index (Phi) is 29.0. The van der Waals surface area contributed by atoms with Crippen molar-refractivity contribution in [2.24, 2.45) is 0 Å². The SMILES string of the molecule is CC(C)(C)[SiH3].CC(C)PC(C)C.CC(C)PC(C)C.[Co].c1ccncc1. The fourth-order valence-electron chi connectivity index (χ4n) is 1.65. The average Bonchev–Trinajstić information content (AvgIpc) is 2.36. The van der Waals surface area contributed by atoms with E-state index in [4.69, 9.17) is 0 Å². The second kappa shape index (κ2) is 22.0. The van der Waals surface area contributed by atoms with Gasteiger partial charge in [0.1, 0.15) is 0 Å². The Balaban J connectivity index is -0.000000123. The zero-order chi connectivity index (χ0) is 20.5. The normalized spacial score (nSPS) is 10.3. The van der Waals surface area contributed by atoms with Crippen LogP contribution in [0, 0.1) is 0 Å². The van der Waals surface area contributed by atoms with Gasteiger partial charge in [-0.15, -0.1) is 17.2 Å². The van der Waals surface area contributed by atoms with Gasteiger partial charge in [-0.2, -0.15) is 0 Å². The molecule has 5 heteroatoms. The molecule has 0 N–H and O–H groups in total. The average molecular weight is 463 g/mol. The van der Waals surface area contributed by atoms with Crippen LogP contribution in [-0.4, -0.2) is 37.9 Å². The van der Waals surface area contributed by atoms with Crippen molar-refractivity contribution in [3.63, 3.8) is 0 Å². The standard InChI is InChI=1S/2C6H15P.C5H5N.C4H12Si.Co/c2*1-5(2)7-6(3)4;1-2-4-6-5-3-1;1-4(2,3)5;/h2*5-7H,1-4H3;1-5H;1-3,5H3;. The third kappa shape index (κ3) is 64.2. The summed E-state index contributed by atoms with van der Waals surface area (Å²) in [6.45, 7) is 25.0. The molecule has 0 unspecified atom stereocenters. The molecule has 1 heterocycles. The molecule has 1 rings (SSSR count). The van der Waals surface area contributed by atoms with Crippen LogP contribution in [0.2, 0.25) is 5.04 Å². The molecular weight excluding hydrogens is 415 g/mol. The van der Waals surface area contributed by atoms with E-state index in [2.05, 4.69) is 81.1 Å². The summed E-state index contributed by atoms with van der Waals surface area (Å²) in [7, 11) is 3.60. The number of nitrogens with zero attached hydrogens (tertiary/aromatic N) is 1. The molecular formula is C21H47CoNP2Si. The Labute approximate surface area is 183 Å². The quantitative estimate of drug-likeness (QED) is 0.362. The Morgan fingerprint density at radius 1 is 0.654 bits per heavy atom. The van der Waals surface area contributed by atoms with Crippen molar-refractivity contribution in [3.05, 3.63) is 30.6 Å². The van der Waals surface area contributed by atoms with Gasteiger partial charge in [0.25, 0.3) is 0 Å². The van der Waals surface area contributed by atoms with Crippen LogP contribution < -0.4 is 0 Å². The molecule has 26 heavy (non-hydrogen) atoms. The fraction of sp³-hybridized carbons (Fsp3) is 0.762. The number of aromatic nitrogens is 1. The molecule has 1 aromatic heterocycles. The van der Waals surface area contributed by atoms with Gasteiger partial charge in [-0.1, -0.05) is 87.3 Å². The maximum absolute atomic E-state index is 3.78. The molecule has 0 atom stereocenters. The summed E-state index contributed by atoms with van der Waals surface area (Å²) in [5, 5.41) is 0.639. The van der Waals surface area contributed by atoms with Gasteiger partial charge >= 0.3 is 0 Å². The number of rotatable bonds is 4. The first-order valence-electron chi connectivity index (χ1n) is 9.62. The van der Waals surface area contributed by atoms with Crippen LogP contribution in [0.3, 0.4) is 0 Å². The summed E-state index contributed by atoms with van der Waals surface area (Å²) in [6.07, 6.45) is 3.50. The van der Waals surface area contributed by atoms with Crippen molar-refractivity contribution in [2.45, 2.75) is 104 Å². The summed E-state index contributed by atoms with van der Waals surface area (Å²) >= 11 is 0. The second-order valence-electron chi connectivity index (χ2n) is 8.98. The molecule has 0 amide bonds. The number of hydrogen-bond donors (Lipinski definition) is 0. The molecule has 1 radical (unpaired) electrons. The maximum atomic E-state index is 3.78. The molecule has 0 spiro atoms. The van der Waals surface area contributed by atoms with Crippen molar-refractivity contribution >= 4 is 27.4 Å². The van der Waals surface area contributed by atoms with Gasteiger partial charge in [-0.3, -0.25) is 4.98 Å². The van der Waals surface area contributed by atoms with Gasteiger partial charge in [0.15, 0.2) is 0 Å². The van der Waals surface area contributed by atoms with Crippen molar-refractivity contribution < 1.29 is 16.8 Å². The molecule has 159 valence electrons. The van der Waals surface area contributed by atoms with Gasteiger partial charge < -0.3 is 0 Å². The molecule has 0 aromatic carbocycles. The molecule has 0 saturated heterocycles. The Bertz CT molecular complexity index is 294. The summed E-state index contributed by atoms with van der Waals surface area (Å²) in [5.41, 5.74) is 3.61. The third-order valence-corrected chi connectivity index (χ3v) is 4.57. The van der Waals surface area contributed by atoms with E-state index in [-0.39, 0.29) is 16.8 Å². The summed E-state index contributed by atoms with van der Waals surface area (Å²) in [4.78, 5) is 3.78. The van der Waals surface area contributed by atoms with E-state index in [1.807, 2.05) is 18.2 Å². The first kappa shape index (κ1) is 34.3. The predicted octanol–water partition coefficient (Wildman–Crippen LogP) is 6.61. The van der Waals surface area contributed by atoms with E-state index in [1.165, 1.54) is 10.2 Å². The zero-order valence-corrected chi connectivity index (χ0v) is 24.5. The van der Waals surface area contributed by atoms with E-state index >= 15 is 0 Å². The zero-order valence-electron chi connectivity index (χ0n) is 19.5. The van der Waals surface area contributed by atoms with E-state index < -0.39 is 0 Å². The van der Waals surface area contributed by atoms with Crippen LogP contribution in [-0.2, 0) is 16.8 Å². The van der Waals surface area contributed by atoms with Gasteiger partial charge in [-0.25, -0.2) is 0 Å². The summed E-state index contributed by atoms with van der Waals surface area (Å²) < 4.78 is 0. The smallest absolute Gasteiger partial charge is 0.0267 e. The van der Waals surface area contributed by atoms with Crippen LogP contribution in [0.4, 0.5) is 0 Å². The molecule has 1 aromatic rings. The van der Waals surface area contributed by atoms with E-state index in [1.54, 1.807) is 12.4 Å². The predicted molar refractivity (Wildman–Crippen MR) is 131 cm³/mol. The number of pyridine rings is 1. The van der Waals surface area contributed by atoms with E-state index in [0.29, 0.717) is 5.04 Å². The van der Waals surface area contributed by atoms with E-state index in [0.717, 1.165) is 39.8 Å². The van der Waals surface area contributed by atoms with Crippen molar-refractivity contribution in [1.29, 1.82) is 0 Å². The van der Waals surface area contributed by atoms with Gasteiger partial charge in [-0.05, 0) is 34.8 Å². The van der Waals surface area contributed by atoms with Gasteiger partial charge in [0.2, 0.25) is 0 Å². The minimum Gasteiger partial charge on any atom is -0.265 e. The van der Waals surface area contributed by atoms with E-state index in [9.17, 15) is 0 Å². The van der Waals surface area contributed by atoms with Crippen LogP contribution >= 0.6 is 17.2 Å². The maximum Gasteiger partial charge on any atom is 0.0267 e. The van der Waals surface area contributed by atoms with Crippen LogP contribution in [0.15, 0.2) is 30.6 Å². The fourth-order valence-corrected chi connectivity index (χ4v) is 4.31.